The van der Waals surface area contributed by atoms with E-state index < -0.39 is 0 Å². The van der Waals surface area contributed by atoms with Crippen LogP contribution >= 0.6 is 0 Å². The summed E-state index contributed by atoms with van der Waals surface area (Å²) in [7, 11) is 0. The van der Waals surface area contributed by atoms with E-state index >= 15 is 0 Å². The molecule has 2 unspecified atom stereocenters. The maximum absolute atomic E-state index is 11.7. The first-order valence-corrected chi connectivity index (χ1v) is 5.53. The molecule has 0 bridgehead atoms. The zero-order valence-corrected chi connectivity index (χ0v) is 8.38. The molecule has 1 N–H and O–H groups in total. The third kappa shape index (κ3) is 2.31. The van der Waals surface area contributed by atoms with Crippen LogP contribution in [0.3, 0.4) is 0 Å². The quantitative estimate of drug-likeness (QED) is 0.716. The lowest BCUT2D eigenvalue weighted by Gasteiger charge is -2.13. The molecule has 2 heteroatoms. The minimum Gasteiger partial charge on any atom is -0.314 e. The fraction of sp³-hybridized carbons (Fsp3) is 0.909. The van der Waals surface area contributed by atoms with Gasteiger partial charge in [-0.2, -0.15) is 0 Å². The van der Waals surface area contributed by atoms with E-state index in [-0.39, 0.29) is 0 Å². The summed E-state index contributed by atoms with van der Waals surface area (Å²) in [5.74, 6) is 1.72. The van der Waals surface area contributed by atoms with Crippen molar-refractivity contribution in [3.05, 3.63) is 0 Å². The Labute approximate surface area is 80.1 Å². The van der Waals surface area contributed by atoms with Gasteiger partial charge in [-0.1, -0.05) is 12.8 Å². The van der Waals surface area contributed by atoms with Gasteiger partial charge < -0.3 is 5.32 Å². The summed E-state index contributed by atoms with van der Waals surface area (Å²) in [6.07, 6.45) is 5.78. The van der Waals surface area contributed by atoms with Crippen LogP contribution in [0.5, 0.6) is 0 Å². The van der Waals surface area contributed by atoms with Crippen LogP contribution in [-0.4, -0.2) is 18.4 Å². The first-order valence-electron chi connectivity index (χ1n) is 5.53. The Morgan fingerprint density at radius 1 is 1.38 bits per heavy atom. The van der Waals surface area contributed by atoms with Gasteiger partial charge in [0.05, 0.1) is 0 Å². The minimum atomic E-state index is 0.318. The first kappa shape index (κ1) is 9.20. The third-order valence-electron chi connectivity index (χ3n) is 3.43. The predicted molar refractivity (Wildman–Crippen MR) is 52.5 cm³/mol. The van der Waals surface area contributed by atoms with Gasteiger partial charge in [0.1, 0.15) is 5.78 Å². The van der Waals surface area contributed by atoms with Crippen molar-refractivity contribution in [1.29, 1.82) is 0 Å². The van der Waals surface area contributed by atoms with Crippen molar-refractivity contribution in [3.63, 3.8) is 0 Å². The molecule has 1 aliphatic heterocycles. The Kier molecular flexibility index (Phi) is 2.68. The average molecular weight is 181 g/mol. The monoisotopic (exact) mass is 181 g/mol. The summed E-state index contributed by atoms with van der Waals surface area (Å²) < 4.78 is 0. The van der Waals surface area contributed by atoms with Crippen LogP contribution in [0, 0.1) is 11.8 Å². The number of carbonyl (C=O) groups is 1. The largest absolute Gasteiger partial charge is 0.314 e. The Bertz CT molecular complexity index is 198. The van der Waals surface area contributed by atoms with Crippen LogP contribution in [-0.2, 0) is 4.79 Å². The van der Waals surface area contributed by atoms with E-state index in [0.717, 1.165) is 31.7 Å². The van der Waals surface area contributed by atoms with Crippen molar-refractivity contribution in [2.24, 2.45) is 11.8 Å². The lowest BCUT2D eigenvalue weighted by atomic mass is 9.93. The van der Waals surface area contributed by atoms with Crippen molar-refractivity contribution >= 4 is 5.78 Å². The molecule has 13 heavy (non-hydrogen) atoms. The summed E-state index contributed by atoms with van der Waals surface area (Å²) >= 11 is 0. The Hall–Kier alpha value is -0.370. The Morgan fingerprint density at radius 3 is 2.69 bits per heavy atom. The Balaban J connectivity index is 1.74. The molecule has 2 rings (SSSR count). The van der Waals surface area contributed by atoms with Gasteiger partial charge in [0.15, 0.2) is 0 Å². The fourth-order valence-corrected chi connectivity index (χ4v) is 2.24. The van der Waals surface area contributed by atoms with E-state index in [4.69, 9.17) is 0 Å². The molecule has 0 spiro atoms. The van der Waals surface area contributed by atoms with E-state index in [9.17, 15) is 4.79 Å². The molecule has 0 aromatic rings. The summed E-state index contributed by atoms with van der Waals surface area (Å²) in [6, 6.07) is 0.423. The van der Waals surface area contributed by atoms with Crippen LogP contribution in [0.1, 0.15) is 39.0 Å². The number of ketones is 1. The molecule has 2 nitrogen and oxygen atoms in total. The van der Waals surface area contributed by atoms with Crippen molar-refractivity contribution in [3.8, 4) is 0 Å². The molecule has 2 atom stereocenters. The molecule has 74 valence electrons. The highest BCUT2D eigenvalue weighted by atomic mass is 16.1. The predicted octanol–water partition coefficient (Wildman–Crippen LogP) is 1.74. The zero-order chi connectivity index (χ0) is 9.26. The molecule has 1 heterocycles. The van der Waals surface area contributed by atoms with Crippen molar-refractivity contribution in [2.75, 3.05) is 6.54 Å². The smallest absolute Gasteiger partial charge is 0.137 e. The average Bonchev–Trinajstić information content (AvgIpc) is 2.84. The number of hydrogen-bond donors (Lipinski definition) is 1. The number of rotatable bonds is 4. The van der Waals surface area contributed by atoms with E-state index in [0.29, 0.717) is 17.7 Å². The molecule has 1 saturated heterocycles. The van der Waals surface area contributed by atoms with E-state index in [2.05, 4.69) is 12.2 Å². The molecular formula is C11H19NO. The standard InChI is InChI=1S/C11H19NO/c1-8-10(6-7-12-8)11(13)5-4-9-2-3-9/h8-10,12H,2-7H2,1H3. The summed E-state index contributed by atoms with van der Waals surface area (Å²) in [4.78, 5) is 11.7. The van der Waals surface area contributed by atoms with Gasteiger partial charge in [-0.05, 0) is 32.2 Å². The van der Waals surface area contributed by atoms with Gasteiger partial charge in [-0.15, -0.1) is 0 Å². The van der Waals surface area contributed by atoms with Gasteiger partial charge >= 0.3 is 0 Å². The SMILES string of the molecule is CC1NCCC1C(=O)CCC1CC1. The van der Waals surface area contributed by atoms with E-state index in [1.54, 1.807) is 0 Å². The van der Waals surface area contributed by atoms with Crippen LogP contribution in [0.4, 0.5) is 0 Å². The Morgan fingerprint density at radius 2 is 2.15 bits per heavy atom. The topological polar surface area (TPSA) is 29.1 Å². The summed E-state index contributed by atoms with van der Waals surface area (Å²) in [5.41, 5.74) is 0. The summed E-state index contributed by atoms with van der Waals surface area (Å²) in [6.45, 7) is 3.16. The highest BCUT2D eigenvalue weighted by Crippen LogP contribution is 2.34. The van der Waals surface area contributed by atoms with Crippen LogP contribution in [0.2, 0.25) is 0 Å². The molecule has 1 saturated carbocycles. The van der Waals surface area contributed by atoms with Gasteiger partial charge in [0.2, 0.25) is 0 Å². The highest BCUT2D eigenvalue weighted by Gasteiger charge is 2.30. The molecule has 0 radical (unpaired) electrons. The van der Waals surface area contributed by atoms with Crippen LogP contribution in [0.25, 0.3) is 0 Å². The second kappa shape index (κ2) is 3.79. The van der Waals surface area contributed by atoms with Crippen molar-refractivity contribution in [2.45, 2.75) is 45.1 Å². The van der Waals surface area contributed by atoms with E-state index in [1.165, 1.54) is 12.8 Å². The molecule has 0 aromatic heterocycles. The number of nitrogens with one attached hydrogen (secondary N) is 1. The van der Waals surface area contributed by atoms with Gasteiger partial charge in [-0.3, -0.25) is 4.79 Å². The third-order valence-corrected chi connectivity index (χ3v) is 3.43. The minimum absolute atomic E-state index is 0.318. The van der Waals surface area contributed by atoms with Gasteiger partial charge in [-0.25, -0.2) is 0 Å². The molecule has 0 aromatic carbocycles. The number of Topliss-reactive ketones (excluding diaryl/α,β-unsaturated/α-hetero) is 1. The van der Waals surface area contributed by atoms with Gasteiger partial charge in [0, 0.05) is 18.4 Å². The molecule has 2 fully saturated rings. The van der Waals surface area contributed by atoms with Crippen LogP contribution < -0.4 is 5.32 Å². The lowest BCUT2D eigenvalue weighted by Crippen LogP contribution is -2.28. The maximum Gasteiger partial charge on any atom is 0.137 e. The molecule has 2 aliphatic rings. The normalized spacial score (nSPS) is 33.6. The summed E-state index contributed by atoms with van der Waals surface area (Å²) in [5, 5.41) is 3.33. The van der Waals surface area contributed by atoms with E-state index in [1.807, 2.05) is 0 Å². The number of carbonyl (C=O) groups excluding carboxylic acids is 1. The zero-order valence-electron chi connectivity index (χ0n) is 8.38. The highest BCUT2D eigenvalue weighted by molar-refractivity contribution is 5.82. The fourth-order valence-electron chi connectivity index (χ4n) is 2.24. The maximum atomic E-state index is 11.7. The second-order valence-electron chi connectivity index (χ2n) is 4.59. The van der Waals surface area contributed by atoms with Crippen molar-refractivity contribution < 1.29 is 4.79 Å². The molecule has 1 aliphatic carbocycles. The van der Waals surface area contributed by atoms with Gasteiger partial charge in [0.25, 0.3) is 0 Å². The lowest BCUT2D eigenvalue weighted by molar-refractivity contribution is -0.123. The molecule has 0 amide bonds. The van der Waals surface area contributed by atoms with Crippen molar-refractivity contribution in [1.82, 2.24) is 5.32 Å². The second-order valence-corrected chi connectivity index (χ2v) is 4.59. The number of hydrogen-bond acceptors (Lipinski definition) is 2. The first-order chi connectivity index (χ1) is 6.27. The molecular weight excluding hydrogens is 162 g/mol. The van der Waals surface area contributed by atoms with Crippen LogP contribution in [0.15, 0.2) is 0 Å².